The first-order valence-electron chi connectivity index (χ1n) is 9.14. The van der Waals surface area contributed by atoms with Crippen LogP contribution in [0.15, 0.2) is 36.4 Å². The number of amides is 2. The standard InChI is InChI=1S/C21H22N2O5/c1-26-18-9-14-7-8-22(11-15(14)10-19(18)27-2)20(24)12-23-16-5-3-4-6-17(16)28-13-21(23)25/h3-6,9-10H,7-8,11-13H2,1-2H3. The third-order valence-corrected chi connectivity index (χ3v) is 5.17. The topological polar surface area (TPSA) is 68.3 Å². The zero-order chi connectivity index (χ0) is 19.7. The predicted molar refractivity (Wildman–Crippen MR) is 103 cm³/mol. The summed E-state index contributed by atoms with van der Waals surface area (Å²) in [5, 5.41) is 0. The molecule has 0 bridgehead atoms. The average Bonchev–Trinajstić information content (AvgIpc) is 2.74. The van der Waals surface area contributed by atoms with Crippen LogP contribution in [0, 0.1) is 0 Å². The molecule has 2 heterocycles. The highest BCUT2D eigenvalue weighted by atomic mass is 16.5. The van der Waals surface area contributed by atoms with Crippen molar-refractivity contribution in [2.45, 2.75) is 13.0 Å². The number of methoxy groups -OCH3 is 2. The molecule has 7 heteroatoms. The highest BCUT2D eigenvalue weighted by Crippen LogP contribution is 2.34. The Kier molecular flexibility index (Phi) is 4.81. The molecule has 0 unspecified atom stereocenters. The number of nitrogens with zero attached hydrogens (tertiary/aromatic N) is 2. The largest absolute Gasteiger partial charge is 0.493 e. The van der Waals surface area contributed by atoms with E-state index >= 15 is 0 Å². The van der Waals surface area contributed by atoms with Gasteiger partial charge in [-0.05, 0) is 41.8 Å². The lowest BCUT2D eigenvalue weighted by atomic mass is 9.98. The van der Waals surface area contributed by atoms with Gasteiger partial charge in [-0.25, -0.2) is 0 Å². The Morgan fingerprint density at radius 3 is 2.57 bits per heavy atom. The second kappa shape index (κ2) is 7.42. The molecule has 2 aliphatic heterocycles. The van der Waals surface area contributed by atoms with E-state index in [0.717, 1.165) is 17.5 Å². The third kappa shape index (κ3) is 3.24. The Morgan fingerprint density at radius 1 is 1.11 bits per heavy atom. The molecule has 2 aliphatic rings. The van der Waals surface area contributed by atoms with E-state index in [1.807, 2.05) is 24.3 Å². The minimum absolute atomic E-state index is 0.00182. The maximum atomic E-state index is 12.9. The van der Waals surface area contributed by atoms with Crippen molar-refractivity contribution in [1.82, 2.24) is 4.90 Å². The van der Waals surface area contributed by atoms with Crippen LogP contribution < -0.4 is 19.1 Å². The second-order valence-electron chi connectivity index (χ2n) is 6.78. The molecule has 4 rings (SSSR count). The fourth-order valence-electron chi connectivity index (χ4n) is 3.66. The summed E-state index contributed by atoms with van der Waals surface area (Å²) in [7, 11) is 3.21. The van der Waals surface area contributed by atoms with Gasteiger partial charge >= 0.3 is 0 Å². The molecule has 0 fully saturated rings. The molecule has 0 spiro atoms. The molecule has 2 aromatic carbocycles. The van der Waals surface area contributed by atoms with Gasteiger partial charge in [0.15, 0.2) is 18.1 Å². The van der Waals surface area contributed by atoms with Crippen molar-refractivity contribution < 1.29 is 23.8 Å². The quantitative estimate of drug-likeness (QED) is 0.809. The van der Waals surface area contributed by atoms with Crippen LogP contribution in [0.1, 0.15) is 11.1 Å². The third-order valence-electron chi connectivity index (χ3n) is 5.17. The normalized spacial score (nSPS) is 15.4. The lowest BCUT2D eigenvalue weighted by Crippen LogP contribution is -2.47. The van der Waals surface area contributed by atoms with Crippen LogP contribution >= 0.6 is 0 Å². The fourth-order valence-corrected chi connectivity index (χ4v) is 3.66. The van der Waals surface area contributed by atoms with Crippen LogP contribution in [0.5, 0.6) is 17.2 Å². The molecular weight excluding hydrogens is 360 g/mol. The highest BCUT2D eigenvalue weighted by molar-refractivity contribution is 6.02. The van der Waals surface area contributed by atoms with Gasteiger partial charge in [0.2, 0.25) is 5.91 Å². The van der Waals surface area contributed by atoms with E-state index in [0.29, 0.717) is 36.0 Å². The Balaban J connectivity index is 1.52. The molecule has 2 aromatic rings. The minimum atomic E-state index is -0.212. The van der Waals surface area contributed by atoms with E-state index in [2.05, 4.69) is 0 Å². The molecule has 0 atom stereocenters. The zero-order valence-electron chi connectivity index (χ0n) is 15.9. The molecule has 28 heavy (non-hydrogen) atoms. The van der Waals surface area contributed by atoms with E-state index in [4.69, 9.17) is 14.2 Å². The van der Waals surface area contributed by atoms with E-state index in [1.165, 1.54) is 4.90 Å². The van der Waals surface area contributed by atoms with Gasteiger partial charge in [0.25, 0.3) is 5.91 Å². The number of para-hydroxylation sites is 2. The van der Waals surface area contributed by atoms with Gasteiger partial charge in [-0.3, -0.25) is 14.5 Å². The van der Waals surface area contributed by atoms with Crippen LogP contribution in [0.2, 0.25) is 0 Å². The Hall–Kier alpha value is -3.22. The average molecular weight is 382 g/mol. The summed E-state index contributed by atoms with van der Waals surface area (Å²) >= 11 is 0. The van der Waals surface area contributed by atoms with Gasteiger partial charge in [-0.15, -0.1) is 0 Å². The summed E-state index contributed by atoms with van der Waals surface area (Å²) in [6.45, 7) is 1.03. The van der Waals surface area contributed by atoms with E-state index in [9.17, 15) is 9.59 Å². The van der Waals surface area contributed by atoms with E-state index < -0.39 is 0 Å². The number of ether oxygens (including phenoxy) is 3. The predicted octanol–water partition coefficient (Wildman–Crippen LogP) is 2.01. The first-order chi connectivity index (χ1) is 13.6. The molecule has 0 aliphatic carbocycles. The van der Waals surface area contributed by atoms with Crippen molar-refractivity contribution >= 4 is 17.5 Å². The number of rotatable bonds is 4. The fraction of sp³-hybridized carbons (Fsp3) is 0.333. The summed E-state index contributed by atoms with van der Waals surface area (Å²) < 4.78 is 16.2. The van der Waals surface area contributed by atoms with Gasteiger partial charge in [-0.1, -0.05) is 12.1 Å². The number of anilines is 1. The van der Waals surface area contributed by atoms with Crippen LogP contribution in [0.4, 0.5) is 5.69 Å². The lowest BCUT2D eigenvalue weighted by Gasteiger charge is -2.33. The maximum Gasteiger partial charge on any atom is 0.265 e. The first-order valence-corrected chi connectivity index (χ1v) is 9.14. The Bertz CT molecular complexity index is 927. The summed E-state index contributed by atoms with van der Waals surface area (Å²) in [5.74, 6) is 1.65. The summed E-state index contributed by atoms with van der Waals surface area (Å²) in [6, 6.07) is 11.2. The zero-order valence-corrected chi connectivity index (χ0v) is 15.9. The number of fused-ring (bicyclic) bond motifs is 2. The molecule has 0 saturated heterocycles. The highest BCUT2D eigenvalue weighted by Gasteiger charge is 2.30. The van der Waals surface area contributed by atoms with E-state index in [-0.39, 0.29) is 25.0 Å². The summed E-state index contributed by atoms with van der Waals surface area (Å²) in [6.07, 6.45) is 0.731. The molecule has 0 aromatic heterocycles. The smallest absolute Gasteiger partial charge is 0.265 e. The van der Waals surface area contributed by atoms with Crippen molar-refractivity contribution in [2.75, 3.05) is 38.8 Å². The molecule has 7 nitrogen and oxygen atoms in total. The van der Waals surface area contributed by atoms with E-state index in [1.54, 1.807) is 31.3 Å². The van der Waals surface area contributed by atoms with Crippen molar-refractivity contribution in [1.29, 1.82) is 0 Å². The molecule has 2 amide bonds. The lowest BCUT2D eigenvalue weighted by molar-refractivity contribution is -0.132. The van der Waals surface area contributed by atoms with Gasteiger partial charge in [0.1, 0.15) is 12.3 Å². The van der Waals surface area contributed by atoms with Crippen LogP contribution in [-0.2, 0) is 22.6 Å². The number of hydrogen-bond donors (Lipinski definition) is 0. The number of benzene rings is 2. The summed E-state index contributed by atoms with van der Waals surface area (Å²) in [4.78, 5) is 28.6. The number of carbonyl (C=O) groups excluding carboxylic acids is 2. The second-order valence-corrected chi connectivity index (χ2v) is 6.78. The van der Waals surface area contributed by atoms with Crippen molar-refractivity contribution in [2.24, 2.45) is 0 Å². The van der Waals surface area contributed by atoms with Crippen molar-refractivity contribution in [3.05, 3.63) is 47.5 Å². The molecular formula is C21H22N2O5. The van der Waals surface area contributed by atoms with Crippen LogP contribution in [-0.4, -0.2) is 50.6 Å². The summed E-state index contributed by atoms with van der Waals surface area (Å²) in [5.41, 5.74) is 2.82. The Labute approximate surface area is 163 Å². The number of hydrogen-bond acceptors (Lipinski definition) is 5. The SMILES string of the molecule is COc1cc2c(cc1OC)CN(C(=O)CN1C(=O)COc3ccccc31)CC2. The van der Waals surface area contributed by atoms with Gasteiger partial charge in [-0.2, -0.15) is 0 Å². The first kappa shape index (κ1) is 18.2. The molecule has 0 saturated carbocycles. The molecule has 0 radical (unpaired) electrons. The Morgan fingerprint density at radius 2 is 1.82 bits per heavy atom. The van der Waals surface area contributed by atoms with Gasteiger partial charge in [0, 0.05) is 13.1 Å². The molecule has 0 N–H and O–H groups in total. The maximum absolute atomic E-state index is 12.9. The van der Waals surface area contributed by atoms with Crippen molar-refractivity contribution in [3.63, 3.8) is 0 Å². The monoisotopic (exact) mass is 382 g/mol. The van der Waals surface area contributed by atoms with Crippen LogP contribution in [0.3, 0.4) is 0 Å². The molecule has 146 valence electrons. The van der Waals surface area contributed by atoms with Gasteiger partial charge < -0.3 is 19.1 Å². The van der Waals surface area contributed by atoms with Crippen LogP contribution in [0.25, 0.3) is 0 Å². The minimum Gasteiger partial charge on any atom is -0.493 e. The number of carbonyl (C=O) groups is 2. The van der Waals surface area contributed by atoms with Gasteiger partial charge in [0.05, 0.1) is 19.9 Å². The van der Waals surface area contributed by atoms with Crippen molar-refractivity contribution in [3.8, 4) is 17.2 Å².